The summed E-state index contributed by atoms with van der Waals surface area (Å²) in [5.41, 5.74) is 2.16. The van der Waals surface area contributed by atoms with Crippen molar-refractivity contribution in [1.82, 2.24) is 10.3 Å². The van der Waals surface area contributed by atoms with Gasteiger partial charge in [0.15, 0.2) is 0 Å². The van der Waals surface area contributed by atoms with Gasteiger partial charge in [0.1, 0.15) is 5.82 Å². The molecular weight excluding hydrogens is 319 g/mol. The molecule has 0 amide bonds. The van der Waals surface area contributed by atoms with Gasteiger partial charge in [0.25, 0.3) is 0 Å². The van der Waals surface area contributed by atoms with Crippen molar-refractivity contribution < 1.29 is 4.39 Å². The Morgan fingerprint density at radius 1 is 0.917 bits per heavy atom. The first-order valence-corrected chi connectivity index (χ1v) is 8.90. The Bertz CT molecular complexity index is 710. The summed E-state index contributed by atoms with van der Waals surface area (Å²) in [7, 11) is 0. The van der Waals surface area contributed by atoms with Crippen molar-refractivity contribution in [2.45, 2.75) is 10.9 Å². The molecule has 24 heavy (non-hydrogen) atoms. The zero-order valence-corrected chi connectivity index (χ0v) is 14.0. The zero-order valence-electron chi connectivity index (χ0n) is 13.2. The lowest BCUT2D eigenvalue weighted by Crippen LogP contribution is -2.25. The Kier molecular flexibility index (Phi) is 5.99. The van der Waals surface area contributed by atoms with Gasteiger partial charge in [0.2, 0.25) is 0 Å². The molecule has 0 fully saturated rings. The molecule has 0 spiro atoms. The van der Waals surface area contributed by atoms with Crippen molar-refractivity contribution in [2.75, 3.05) is 12.3 Å². The second-order valence-corrected chi connectivity index (χ2v) is 6.47. The molecule has 1 N–H and O–H groups in total. The maximum atomic E-state index is 13.7. The average Bonchev–Trinajstić information content (AvgIpc) is 2.64. The maximum Gasteiger partial charge on any atom is 0.136 e. The van der Waals surface area contributed by atoms with Crippen LogP contribution < -0.4 is 5.32 Å². The fourth-order valence-corrected chi connectivity index (χ4v) is 3.33. The van der Waals surface area contributed by atoms with Gasteiger partial charge in [-0.1, -0.05) is 48.5 Å². The molecule has 122 valence electrons. The van der Waals surface area contributed by atoms with Crippen LogP contribution in [-0.2, 0) is 0 Å². The fourth-order valence-electron chi connectivity index (χ4n) is 2.51. The first kappa shape index (κ1) is 16.7. The lowest BCUT2D eigenvalue weighted by molar-refractivity contribution is 0.600. The smallest absolute Gasteiger partial charge is 0.136 e. The van der Waals surface area contributed by atoms with Crippen LogP contribution in [0, 0.1) is 5.82 Å². The third-order valence-electron chi connectivity index (χ3n) is 3.66. The number of pyridine rings is 1. The van der Waals surface area contributed by atoms with E-state index in [9.17, 15) is 4.39 Å². The van der Waals surface area contributed by atoms with Gasteiger partial charge in [-0.05, 0) is 29.8 Å². The van der Waals surface area contributed by atoms with Crippen molar-refractivity contribution in [2.24, 2.45) is 0 Å². The highest BCUT2D eigenvalue weighted by molar-refractivity contribution is 7.99. The molecule has 0 radical (unpaired) electrons. The quantitative estimate of drug-likeness (QED) is 0.500. The summed E-state index contributed by atoms with van der Waals surface area (Å²) in [5, 5.41) is 3.54. The number of hydrogen-bond donors (Lipinski definition) is 1. The van der Waals surface area contributed by atoms with Crippen molar-refractivity contribution in [3.05, 3.63) is 96.1 Å². The number of halogens is 1. The third-order valence-corrected chi connectivity index (χ3v) is 4.71. The fraction of sp³-hybridized carbons (Fsp3) is 0.150. The normalized spacial score (nSPS) is 12.0. The van der Waals surface area contributed by atoms with Crippen LogP contribution in [0.1, 0.15) is 17.3 Å². The van der Waals surface area contributed by atoms with Gasteiger partial charge in [-0.2, -0.15) is 0 Å². The van der Waals surface area contributed by atoms with Crippen LogP contribution in [0.4, 0.5) is 4.39 Å². The molecule has 2 nitrogen and oxygen atoms in total. The Labute approximate surface area is 146 Å². The topological polar surface area (TPSA) is 24.9 Å². The van der Waals surface area contributed by atoms with Gasteiger partial charge in [-0.15, -0.1) is 11.8 Å². The minimum atomic E-state index is -0.160. The van der Waals surface area contributed by atoms with Crippen molar-refractivity contribution in [1.29, 1.82) is 0 Å². The van der Waals surface area contributed by atoms with Crippen LogP contribution in [0.5, 0.6) is 0 Å². The van der Waals surface area contributed by atoms with Crippen LogP contribution in [0.15, 0.2) is 83.9 Å². The Morgan fingerprint density at radius 2 is 1.67 bits per heavy atom. The molecule has 0 aliphatic heterocycles. The Balaban J connectivity index is 1.64. The number of thioether (sulfide) groups is 1. The molecule has 0 aliphatic rings. The van der Waals surface area contributed by atoms with Crippen LogP contribution in [-0.4, -0.2) is 17.3 Å². The number of nitrogens with zero attached hydrogens (tertiary/aromatic N) is 1. The highest BCUT2D eigenvalue weighted by Crippen LogP contribution is 2.22. The molecule has 1 atom stereocenters. The number of hydrogen-bond acceptors (Lipinski definition) is 3. The van der Waals surface area contributed by atoms with Gasteiger partial charge < -0.3 is 5.32 Å². The van der Waals surface area contributed by atoms with E-state index < -0.39 is 0 Å². The van der Waals surface area contributed by atoms with Gasteiger partial charge in [0, 0.05) is 23.4 Å². The van der Waals surface area contributed by atoms with Crippen molar-refractivity contribution >= 4 is 11.8 Å². The highest BCUT2D eigenvalue weighted by Gasteiger charge is 2.14. The Hall–Kier alpha value is -2.17. The van der Waals surface area contributed by atoms with Crippen LogP contribution in [0.25, 0.3) is 0 Å². The number of rotatable bonds is 7. The lowest BCUT2D eigenvalue weighted by atomic mass is 10.0. The summed E-state index contributed by atoms with van der Waals surface area (Å²) < 4.78 is 13.7. The molecule has 1 aromatic heterocycles. The van der Waals surface area contributed by atoms with Crippen molar-refractivity contribution in [3.8, 4) is 0 Å². The summed E-state index contributed by atoms with van der Waals surface area (Å²) in [4.78, 5) is 5.17. The molecule has 3 aromatic rings. The molecule has 3 rings (SSSR count). The summed E-state index contributed by atoms with van der Waals surface area (Å²) in [5.74, 6) is 0.628. The van der Waals surface area contributed by atoms with Gasteiger partial charge in [-0.3, -0.25) is 4.98 Å². The van der Waals surface area contributed by atoms with E-state index >= 15 is 0 Å². The molecule has 0 saturated carbocycles. The number of aromatic nitrogens is 1. The summed E-state index contributed by atoms with van der Waals surface area (Å²) in [6.45, 7) is 0.759. The predicted octanol–water partition coefficient (Wildman–Crippen LogP) is 4.69. The van der Waals surface area contributed by atoms with Crippen LogP contribution in [0.3, 0.4) is 0 Å². The molecule has 1 unspecified atom stereocenters. The molecule has 0 bridgehead atoms. The van der Waals surface area contributed by atoms with E-state index in [2.05, 4.69) is 22.4 Å². The monoisotopic (exact) mass is 338 g/mol. The first-order valence-electron chi connectivity index (χ1n) is 7.91. The van der Waals surface area contributed by atoms with E-state index in [1.807, 2.05) is 48.5 Å². The predicted molar refractivity (Wildman–Crippen MR) is 97.6 cm³/mol. The van der Waals surface area contributed by atoms with Gasteiger partial charge in [0.05, 0.1) is 11.7 Å². The van der Waals surface area contributed by atoms with E-state index in [0.717, 1.165) is 18.0 Å². The number of nitrogens with one attached hydrogen (secondary N) is 1. The largest absolute Gasteiger partial charge is 0.304 e. The molecule has 0 aliphatic carbocycles. The summed E-state index contributed by atoms with van der Waals surface area (Å²) in [6.07, 6.45) is 1.81. The van der Waals surface area contributed by atoms with Crippen LogP contribution >= 0.6 is 11.8 Å². The Morgan fingerprint density at radius 3 is 2.42 bits per heavy atom. The highest BCUT2D eigenvalue weighted by atomic mass is 32.2. The minimum Gasteiger partial charge on any atom is -0.304 e. The summed E-state index contributed by atoms with van der Waals surface area (Å²) >= 11 is 1.52. The van der Waals surface area contributed by atoms with E-state index in [0.29, 0.717) is 4.90 Å². The minimum absolute atomic E-state index is 0.0358. The maximum absolute atomic E-state index is 13.7. The molecule has 1 heterocycles. The molecule has 4 heteroatoms. The van der Waals surface area contributed by atoms with E-state index in [-0.39, 0.29) is 11.9 Å². The lowest BCUT2D eigenvalue weighted by Gasteiger charge is -2.18. The van der Waals surface area contributed by atoms with E-state index in [1.165, 1.54) is 23.4 Å². The molecule has 0 saturated heterocycles. The first-order chi connectivity index (χ1) is 11.8. The van der Waals surface area contributed by atoms with Gasteiger partial charge >= 0.3 is 0 Å². The standard InChI is InChI=1S/C20H19FN2S/c21-17-10-4-5-12-19(17)24-15-14-23-20(16-8-2-1-3-9-16)18-11-6-7-13-22-18/h1-13,20,23H,14-15H2. The molecular formula is C20H19FN2S. The second-order valence-electron chi connectivity index (χ2n) is 5.33. The zero-order chi connectivity index (χ0) is 16.6. The SMILES string of the molecule is Fc1ccccc1SCCNC(c1ccccc1)c1ccccn1. The number of benzene rings is 2. The second kappa shape index (κ2) is 8.62. The molecule has 2 aromatic carbocycles. The summed E-state index contributed by atoms with van der Waals surface area (Å²) in [6, 6.07) is 23.1. The van der Waals surface area contributed by atoms with Crippen LogP contribution in [0.2, 0.25) is 0 Å². The van der Waals surface area contributed by atoms with E-state index in [1.54, 1.807) is 12.3 Å². The average molecular weight is 338 g/mol. The van der Waals surface area contributed by atoms with Crippen molar-refractivity contribution in [3.63, 3.8) is 0 Å². The van der Waals surface area contributed by atoms with E-state index in [4.69, 9.17) is 0 Å². The third kappa shape index (κ3) is 4.43. The van der Waals surface area contributed by atoms with Gasteiger partial charge in [-0.25, -0.2) is 4.39 Å².